The van der Waals surface area contributed by atoms with Gasteiger partial charge in [0.05, 0.1) is 0 Å². The Labute approximate surface area is 265 Å². The minimum atomic E-state index is -1.72. The van der Waals surface area contributed by atoms with Gasteiger partial charge in [-0.15, -0.1) is 23.3 Å². The summed E-state index contributed by atoms with van der Waals surface area (Å²) in [5.74, 6) is 0.104. The fourth-order valence-electron chi connectivity index (χ4n) is 6.17. The molecule has 0 unspecified atom stereocenters. The van der Waals surface area contributed by atoms with Gasteiger partial charge in [0.25, 0.3) is 0 Å². The van der Waals surface area contributed by atoms with E-state index in [-0.39, 0.29) is 42.5 Å². The number of aromatic nitrogens is 1. The maximum Gasteiger partial charge on any atom is 0.164 e. The topological polar surface area (TPSA) is 50.2 Å². The molecule has 0 spiro atoms. The van der Waals surface area contributed by atoms with Crippen LogP contribution in [-0.2, 0) is 30.3 Å². The largest absolute Gasteiger partial charge is 0.512 e. The van der Waals surface area contributed by atoms with Crippen LogP contribution in [0.25, 0.3) is 33.2 Å². The molecule has 1 radical (unpaired) electrons. The second-order valence-corrected chi connectivity index (χ2v) is 18.9. The van der Waals surface area contributed by atoms with E-state index in [0.717, 1.165) is 5.69 Å². The van der Waals surface area contributed by atoms with Gasteiger partial charge in [0.2, 0.25) is 0 Å². The van der Waals surface area contributed by atoms with Crippen LogP contribution in [0.5, 0.6) is 0 Å². The SMILES string of the molecule is CC(C)(C)C(=O)/C=C(\O)C(C)(C)C.CC1(C)c2cccc3c2-c2c(ccnc2-c2[c-]cc4ccccc4c21)[Si]3(C)C.[Ir]. The summed E-state index contributed by atoms with van der Waals surface area (Å²) in [6, 6.07) is 23.7. The van der Waals surface area contributed by atoms with E-state index in [0.29, 0.717) is 0 Å². The molecule has 42 heavy (non-hydrogen) atoms. The number of hydrogen-bond donors (Lipinski definition) is 1. The predicted octanol–water partition coefficient (Wildman–Crippen LogP) is 8.23. The van der Waals surface area contributed by atoms with E-state index >= 15 is 0 Å². The third kappa shape index (κ3) is 5.14. The van der Waals surface area contributed by atoms with Crippen molar-refractivity contribution >= 4 is 35.0 Å². The fraction of sp³-hybridized carbons (Fsp3) is 0.351. The first-order chi connectivity index (χ1) is 19.0. The van der Waals surface area contributed by atoms with Crippen molar-refractivity contribution in [1.82, 2.24) is 4.98 Å². The number of ketones is 1. The van der Waals surface area contributed by atoms with Crippen molar-refractivity contribution in [3.63, 3.8) is 0 Å². The number of aliphatic hydroxyl groups excluding tert-OH is 1. The van der Waals surface area contributed by atoms with Gasteiger partial charge in [-0.1, -0.05) is 127 Å². The first-order valence-corrected chi connectivity index (χ1v) is 17.5. The summed E-state index contributed by atoms with van der Waals surface area (Å²) < 4.78 is 0. The molecule has 0 saturated carbocycles. The number of carbonyl (C=O) groups is 1. The molecule has 5 heteroatoms. The molecule has 0 amide bonds. The molecular weight excluding hydrogens is 711 g/mol. The van der Waals surface area contributed by atoms with Crippen molar-refractivity contribution < 1.29 is 30.0 Å². The van der Waals surface area contributed by atoms with Crippen LogP contribution in [0.1, 0.15) is 66.5 Å². The second-order valence-electron chi connectivity index (χ2n) is 14.6. The Morgan fingerprint density at radius 1 is 0.905 bits per heavy atom. The molecule has 0 fully saturated rings. The van der Waals surface area contributed by atoms with Crippen molar-refractivity contribution in [1.29, 1.82) is 0 Å². The number of benzene rings is 3. The quantitative estimate of drug-likeness (QED) is 0.0924. The Bertz CT molecular complexity index is 1740. The number of rotatable bonds is 1. The summed E-state index contributed by atoms with van der Waals surface area (Å²) in [6.07, 6.45) is 3.35. The molecule has 4 aromatic rings. The Balaban J connectivity index is 0.000000249. The van der Waals surface area contributed by atoms with Crippen LogP contribution in [0.3, 0.4) is 0 Å². The van der Waals surface area contributed by atoms with Crippen LogP contribution in [-0.4, -0.2) is 23.9 Å². The van der Waals surface area contributed by atoms with Crippen LogP contribution < -0.4 is 10.4 Å². The standard InChI is InChI=1S/C26H22NSi.C11H20O2.Ir/c1-26(2)19-10-7-11-20-22(19)23-21(28(20,3)4)14-15-27-25(23)18-13-12-16-8-5-6-9-17(16)24(18)26;1-10(2,3)8(12)7-9(13)11(4,5)6;/h5-12,14-15H,1-4H3;7,12H,1-6H3;/q-1;;/b;8-7-;. The van der Waals surface area contributed by atoms with Gasteiger partial charge in [0, 0.05) is 43.2 Å². The number of fused-ring (bicyclic) bond motifs is 4. The molecule has 2 heterocycles. The first-order valence-electron chi connectivity index (χ1n) is 14.5. The van der Waals surface area contributed by atoms with E-state index in [1.165, 1.54) is 49.9 Å². The second kappa shape index (κ2) is 10.7. The number of hydrogen-bond acceptors (Lipinski definition) is 3. The third-order valence-corrected chi connectivity index (χ3v) is 12.3. The molecule has 0 saturated heterocycles. The average Bonchev–Trinajstić information content (AvgIpc) is 3.08. The van der Waals surface area contributed by atoms with E-state index < -0.39 is 13.5 Å². The Kier molecular flexibility index (Phi) is 8.17. The molecule has 2 aliphatic rings. The van der Waals surface area contributed by atoms with E-state index in [9.17, 15) is 9.90 Å². The molecular formula is C37H42IrNO2Si-. The van der Waals surface area contributed by atoms with Crippen molar-refractivity contribution in [3.05, 3.63) is 89.8 Å². The van der Waals surface area contributed by atoms with Crippen molar-refractivity contribution in [3.8, 4) is 22.4 Å². The molecule has 3 nitrogen and oxygen atoms in total. The summed E-state index contributed by atoms with van der Waals surface area (Å²) in [7, 11) is -1.72. The van der Waals surface area contributed by atoms with Gasteiger partial charge >= 0.3 is 0 Å². The van der Waals surface area contributed by atoms with Gasteiger partial charge < -0.3 is 10.1 Å². The monoisotopic (exact) mass is 753 g/mol. The first kappa shape index (κ1) is 32.1. The Morgan fingerprint density at radius 3 is 2.19 bits per heavy atom. The van der Waals surface area contributed by atoms with Gasteiger partial charge in [-0.25, -0.2) is 0 Å². The zero-order valence-corrected chi connectivity index (χ0v) is 29.9. The normalized spacial score (nSPS) is 15.9. The van der Waals surface area contributed by atoms with Crippen LogP contribution in [0, 0.1) is 16.9 Å². The van der Waals surface area contributed by atoms with Crippen LogP contribution in [0.15, 0.2) is 72.6 Å². The number of allylic oxidation sites excluding steroid dienone is 2. The number of nitrogens with zero attached hydrogens (tertiary/aromatic N) is 1. The zero-order chi connectivity index (χ0) is 30.1. The fourth-order valence-corrected chi connectivity index (χ4v) is 9.22. The molecule has 1 N–H and O–H groups in total. The molecule has 1 aliphatic carbocycles. The van der Waals surface area contributed by atoms with Crippen molar-refractivity contribution in [2.45, 2.75) is 73.9 Å². The smallest absolute Gasteiger partial charge is 0.164 e. The van der Waals surface area contributed by atoms with E-state index in [2.05, 4.69) is 87.6 Å². The van der Waals surface area contributed by atoms with Crippen molar-refractivity contribution in [2.24, 2.45) is 10.8 Å². The molecule has 6 rings (SSSR count). The van der Waals surface area contributed by atoms with Gasteiger partial charge in [-0.05, 0) is 39.1 Å². The van der Waals surface area contributed by atoms with E-state index in [1.807, 2.05) is 47.7 Å². The maximum atomic E-state index is 11.5. The van der Waals surface area contributed by atoms with Gasteiger partial charge in [-0.2, -0.15) is 0 Å². The maximum absolute atomic E-state index is 11.5. The molecule has 0 bridgehead atoms. The van der Waals surface area contributed by atoms with Crippen LogP contribution in [0.4, 0.5) is 0 Å². The van der Waals surface area contributed by atoms with E-state index in [4.69, 9.17) is 4.98 Å². The minimum absolute atomic E-state index is 0. The summed E-state index contributed by atoms with van der Waals surface area (Å²) >= 11 is 0. The van der Waals surface area contributed by atoms with Gasteiger partial charge in [-0.3, -0.25) is 4.79 Å². The van der Waals surface area contributed by atoms with Crippen LogP contribution in [0.2, 0.25) is 13.1 Å². The molecule has 0 atom stereocenters. The summed E-state index contributed by atoms with van der Waals surface area (Å²) in [4.78, 5) is 16.4. The van der Waals surface area contributed by atoms with Crippen LogP contribution >= 0.6 is 0 Å². The molecule has 3 aromatic carbocycles. The Morgan fingerprint density at radius 2 is 1.55 bits per heavy atom. The minimum Gasteiger partial charge on any atom is -0.512 e. The molecule has 1 aromatic heterocycles. The van der Waals surface area contributed by atoms with E-state index in [1.54, 1.807) is 5.19 Å². The summed E-state index contributed by atoms with van der Waals surface area (Å²) in [5, 5.41) is 15.2. The molecule has 221 valence electrons. The summed E-state index contributed by atoms with van der Waals surface area (Å²) in [5.41, 5.74) is 7.03. The average molecular weight is 753 g/mol. The summed E-state index contributed by atoms with van der Waals surface area (Å²) in [6.45, 7) is 20.8. The predicted molar refractivity (Wildman–Crippen MR) is 175 cm³/mol. The number of aliphatic hydroxyl groups is 1. The van der Waals surface area contributed by atoms with Crippen molar-refractivity contribution in [2.75, 3.05) is 0 Å². The van der Waals surface area contributed by atoms with Gasteiger partial charge in [0.1, 0.15) is 13.8 Å². The number of pyridine rings is 1. The number of carbonyl (C=O) groups excluding carboxylic acids is 1. The third-order valence-electron chi connectivity index (χ3n) is 8.77. The Hall–Kier alpha value is -2.85. The van der Waals surface area contributed by atoms with Gasteiger partial charge in [0.15, 0.2) is 5.78 Å². The molecule has 1 aliphatic heterocycles. The zero-order valence-electron chi connectivity index (χ0n) is 26.5.